The molecule has 1 aliphatic heterocycles. The summed E-state index contributed by atoms with van der Waals surface area (Å²) in [7, 11) is 0. The Morgan fingerprint density at radius 2 is 2.13 bits per heavy atom. The van der Waals surface area contributed by atoms with E-state index in [1.165, 1.54) is 0 Å². The van der Waals surface area contributed by atoms with Crippen LogP contribution < -0.4 is 11.5 Å². The third-order valence-corrected chi connectivity index (χ3v) is 3.89. The molecule has 6 nitrogen and oxygen atoms in total. The largest absolute Gasteiger partial charge is 0.435 e. The van der Waals surface area contributed by atoms with Crippen LogP contribution in [0.4, 0.5) is 13.2 Å². The van der Waals surface area contributed by atoms with Crippen molar-refractivity contribution in [1.82, 2.24) is 4.98 Å². The molecule has 1 aromatic rings. The second kappa shape index (κ2) is 6.36. The maximum absolute atomic E-state index is 13.0. The predicted octanol–water partition coefficient (Wildman–Crippen LogP) is 1.33. The molecule has 0 spiro atoms. The third kappa shape index (κ3) is 3.94. The Morgan fingerprint density at radius 3 is 2.65 bits per heavy atom. The summed E-state index contributed by atoms with van der Waals surface area (Å²) in [4.78, 5) is 22.7. The normalized spacial score (nSPS) is 24.8. The standard InChI is InChI=1S/C13H13BrF3N5O/c14-10-8(13(15,16)17)22-12(19,9(21-10)11(18)23)4-3-7-2-1-5-20-6-7/h1-2,5-6,9H,3-4,19H2,(H2,18,23). The monoisotopic (exact) mass is 391 g/mol. The average Bonchev–Trinajstić information content (AvgIpc) is 2.47. The Hall–Kier alpha value is -1.81. The molecule has 0 saturated carbocycles. The first-order valence-corrected chi connectivity index (χ1v) is 7.30. The summed E-state index contributed by atoms with van der Waals surface area (Å²) < 4.78 is 38.4. The number of primary amides is 1. The summed E-state index contributed by atoms with van der Waals surface area (Å²) in [5, 5.41) is 0. The fourth-order valence-corrected chi connectivity index (χ4v) is 2.69. The highest BCUT2D eigenvalue weighted by atomic mass is 79.9. The molecule has 2 atom stereocenters. The SMILES string of the molecule is NC(=O)C1N=C(Br)C(C(F)(F)F)=NC1(N)CCc1cccnc1. The molecule has 4 N–H and O–H groups in total. The zero-order valence-electron chi connectivity index (χ0n) is 11.7. The van der Waals surface area contributed by atoms with E-state index in [0.29, 0.717) is 0 Å². The van der Waals surface area contributed by atoms with Gasteiger partial charge in [0.2, 0.25) is 5.91 Å². The average molecular weight is 392 g/mol. The number of pyridine rings is 1. The number of hydrogen-bond acceptors (Lipinski definition) is 5. The lowest BCUT2D eigenvalue weighted by molar-refractivity contribution is -0.120. The first-order valence-electron chi connectivity index (χ1n) is 6.51. The number of nitrogens with two attached hydrogens (primary N) is 2. The highest BCUT2D eigenvalue weighted by molar-refractivity contribution is 9.19. The quantitative estimate of drug-likeness (QED) is 0.808. The first-order chi connectivity index (χ1) is 10.6. The first kappa shape index (κ1) is 17.5. The number of aliphatic imine (C=N–C) groups is 2. The highest BCUT2D eigenvalue weighted by Crippen LogP contribution is 2.31. The van der Waals surface area contributed by atoms with Gasteiger partial charge in [0, 0.05) is 12.4 Å². The Bertz CT molecular complexity index is 661. The zero-order valence-corrected chi connectivity index (χ0v) is 13.3. The van der Waals surface area contributed by atoms with Gasteiger partial charge in [-0.25, -0.2) is 0 Å². The molecule has 0 bridgehead atoms. The summed E-state index contributed by atoms with van der Waals surface area (Å²) >= 11 is 2.67. The summed E-state index contributed by atoms with van der Waals surface area (Å²) in [6.45, 7) is 0. The molecule has 124 valence electrons. The van der Waals surface area contributed by atoms with Gasteiger partial charge in [0.25, 0.3) is 0 Å². The lowest BCUT2D eigenvalue weighted by Gasteiger charge is -2.34. The third-order valence-electron chi connectivity index (χ3n) is 3.31. The van der Waals surface area contributed by atoms with Gasteiger partial charge in [-0.2, -0.15) is 13.2 Å². The summed E-state index contributed by atoms with van der Waals surface area (Å²) in [6, 6.07) is 2.04. The van der Waals surface area contributed by atoms with Crippen LogP contribution in [-0.4, -0.2) is 39.1 Å². The second-order valence-electron chi connectivity index (χ2n) is 5.04. The van der Waals surface area contributed by atoms with Crippen LogP contribution in [0.3, 0.4) is 0 Å². The van der Waals surface area contributed by atoms with Gasteiger partial charge in [0.15, 0.2) is 11.8 Å². The van der Waals surface area contributed by atoms with Crippen molar-refractivity contribution in [1.29, 1.82) is 0 Å². The van der Waals surface area contributed by atoms with Gasteiger partial charge < -0.3 is 11.5 Å². The van der Waals surface area contributed by atoms with Crippen molar-refractivity contribution in [2.24, 2.45) is 21.5 Å². The van der Waals surface area contributed by atoms with Crippen molar-refractivity contribution in [2.45, 2.75) is 30.7 Å². The van der Waals surface area contributed by atoms with Crippen LogP contribution in [-0.2, 0) is 11.2 Å². The van der Waals surface area contributed by atoms with Gasteiger partial charge in [-0.1, -0.05) is 6.07 Å². The maximum atomic E-state index is 13.0. The van der Waals surface area contributed by atoms with Crippen LogP contribution >= 0.6 is 15.9 Å². The van der Waals surface area contributed by atoms with E-state index in [-0.39, 0.29) is 12.8 Å². The number of aryl methyl sites for hydroxylation is 1. The van der Waals surface area contributed by atoms with Gasteiger partial charge in [-0.3, -0.25) is 19.8 Å². The lowest BCUT2D eigenvalue weighted by atomic mass is 9.92. The molecule has 2 rings (SSSR count). The number of halogens is 4. The fraction of sp³-hybridized carbons (Fsp3) is 0.385. The van der Waals surface area contributed by atoms with E-state index in [1.807, 2.05) is 0 Å². The molecule has 23 heavy (non-hydrogen) atoms. The summed E-state index contributed by atoms with van der Waals surface area (Å²) in [5.74, 6) is -0.944. The molecule has 0 aromatic carbocycles. The van der Waals surface area contributed by atoms with Crippen LogP contribution in [0.2, 0.25) is 0 Å². The molecule has 10 heteroatoms. The van der Waals surface area contributed by atoms with E-state index in [2.05, 4.69) is 30.9 Å². The maximum Gasteiger partial charge on any atom is 0.435 e. The van der Waals surface area contributed by atoms with E-state index in [0.717, 1.165) is 5.56 Å². The Morgan fingerprint density at radius 1 is 1.43 bits per heavy atom. The van der Waals surface area contributed by atoms with Crippen LogP contribution in [0, 0.1) is 0 Å². The van der Waals surface area contributed by atoms with Crippen molar-refractivity contribution in [2.75, 3.05) is 0 Å². The Balaban J connectivity index is 2.33. The van der Waals surface area contributed by atoms with Crippen LogP contribution in [0.5, 0.6) is 0 Å². The van der Waals surface area contributed by atoms with E-state index in [4.69, 9.17) is 11.5 Å². The van der Waals surface area contributed by atoms with Crippen molar-refractivity contribution in [3.63, 3.8) is 0 Å². The van der Waals surface area contributed by atoms with Crippen LogP contribution in [0.25, 0.3) is 0 Å². The molecular formula is C13H13BrF3N5O. The van der Waals surface area contributed by atoms with E-state index < -0.39 is 34.1 Å². The van der Waals surface area contributed by atoms with E-state index >= 15 is 0 Å². The minimum Gasteiger partial charge on any atom is -0.368 e. The van der Waals surface area contributed by atoms with Crippen LogP contribution in [0.15, 0.2) is 34.5 Å². The predicted molar refractivity (Wildman–Crippen MR) is 82.3 cm³/mol. The van der Waals surface area contributed by atoms with Gasteiger partial charge in [0.1, 0.15) is 10.3 Å². The number of aromatic nitrogens is 1. The number of carbonyl (C=O) groups excluding carboxylic acids is 1. The molecule has 1 aromatic heterocycles. The molecular weight excluding hydrogens is 379 g/mol. The Kier molecular flexibility index (Phi) is 4.85. The number of carbonyl (C=O) groups is 1. The van der Waals surface area contributed by atoms with Gasteiger partial charge in [-0.15, -0.1) is 0 Å². The minimum atomic E-state index is -4.75. The summed E-state index contributed by atoms with van der Waals surface area (Å²) in [6.07, 6.45) is -1.40. The molecule has 1 amide bonds. The molecule has 1 aliphatic rings. The molecule has 0 radical (unpaired) electrons. The van der Waals surface area contributed by atoms with E-state index in [9.17, 15) is 18.0 Å². The number of hydrogen-bond donors (Lipinski definition) is 2. The number of alkyl halides is 3. The van der Waals surface area contributed by atoms with Gasteiger partial charge >= 0.3 is 6.18 Å². The van der Waals surface area contributed by atoms with Crippen molar-refractivity contribution < 1.29 is 18.0 Å². The van der Waals surface area contributed by atoms with Crippen molar-refractivity contribution >= 4 is 32.2 Å². The topological polar surface area (TPSA) is 107 Å². The zero-order chi connectivity index (χ0) is 17.3. The minimum absolute atomic E-state index is 0.0460. The van der Waals surface area contributed by atoms with Gasteiger partial charge in [0.05, 0.1) is 0 Å². The van der Waals surface area contributed by atoms with Gasteiger partial charge in [-0.05, 0) is 40.4 Å². The van der Waals surface area contributed by atoms with E-state index in [1.54, 1.807) is 24.5 Å². The number of nitrogens with zero attached hydrogens (tertiary/aromatic N) is 3. The molecule has 2 heterocycles. The van der Waals surface area contributed by atoms with Crippen molar-refractivity contribution in [3.05, 3.63) is 30.1 Å². The Labute approximate surface area is 138 Å². The molecule has 0 fully saturated rings. The molecule has 0 aliphatic carbocycles. The summed E-state index contributed by atoms with van der Waals surface area (Å²) in [5.41, 5.74) is 8.80. The number of amides is 1. The fourth-order valence-electron chi connectivity index (χ4n) is 2.18. The lowest BCUT2D eigenvalue weighted by Crippen LogP contribution is -2.58. The highest BCUT2D eigenvalue weighted by Gasteiger charge is 2.48. The smallest absolute Gasteiger partial charge is 0.368 e. The van der Waals surface area contributed by atoms with Crippen LogP contribution in [0.1, 0.15) is 12.0 Å². The molecule has 0 saturated heterocycles. The number of rotatable bonds is 4. The van der Waals surface area contributed by atoms with Crippen molar-refractivity contribution in [3.8, 4) is 0 Å². The second-order valence-corrected chi connectivity index (χ2v) is 5.79. The molecule has 2 unspecified atom stereocenters.